The minimum Gasteiger partial charge on any atom is -0.361 e. The summed E-state index contributed by atoms with van der Waals surface area (Å²) in [6.07, 6.45) is 0.900. The second-order valence-corrected chi connectivity index (χ2v) is 7.87. The molecule has 0 unspecified atom stereocenters. The smallest absolute Gasteiger partial charge is 0.349 e. The molecule has 0 bridgehead atoms. The third-order valence-electron chi connectivity index (χ3n) is 5.01. The molecule has 3 heterocycles. The molecule has 0 saturated carbocycles. The number of aryl methyl sites for hydroxylation is 4. The van der Waals surface area contributed by atoms with E-state index in [-0.39, 0.29) is 5.69 Å². The Hall–Kier alpha value is -2.73. The molecule has 5 nitrogen and oxygen atoms in total. The van der Waals surface area contributed by atoms with Crippen molar-refractivity contribution in [1.82, 2.24) is 14.7 Å². The summed E-state index contributed by atoms with van der Waals surface area (Å²) in [5, 5.41) is 5.10. The molecule has 0 aliphatic carbocycles. The number of aromatic nitrogens is 3. The van der Waals surface area contributed by atoms with E-state index < -0.39 is 0 Å². The van der Waals surface area contributed by atoms with Gasteiger partial charge in [-0.15, -0.1) is 11.3 Å². The van der Waals surface area contributed by atoms with Crippen molar-refractivity contribution < 1.29 is 4.52 Å². The molecule has 0 aliphatic rings. The molecular weight excluding hydrogens is 358 g/mol. The highest BCUT2D eigenvalue weighted by Crippen LogP contribution is 2.36. The van der Waals surface area contributed by atoms with E-state index in [0.29, 0.717) is 6.54 Å². The highest BCUT2D eigenvalue weighted by atomic mass is 32.1. The monoisotopic (exact) mass is 379 g/mol. The van der Waals surface area contributed by atoms with Crippen molar-refractivity contribution in [2.45, 2.75) is 40.7 Å². The molecule has 4 rings (SSSR count). The lowest BCUT2D eigenvalue weighted by molar-refractivity contribution is 0.392. The van der Waals surface area contributed by atoms with Gasteiger partial charge < -0.3 is 4.52 Å². The van der Waals surface area contributed by atoms with Crippen LogP contribution in [0.5, 0.6) is 0 Å². The van der Waals surface area contributed by atoms with Crippen molar-refractivity contribution in [3.05, 3.63) is 68.3 Å². The fourth-order valence-corrected chi connectivity index (χ4v) is 4.79. The summed E-state index contributed by atoms with van der Waals surface area (Å²) in [5.41, 5.74) is 4.50. The molecule has 0 amide bonds. The van der Waals surface area contributed by atoms with E-state index >= 15 is 0 Å². The maximum absolute atomic E-state index is 13.0. The van der Waals surface area contributed by atoms with Crippen molar-refractivity contribution in [1.29, 1.82) is 0 Å². The van der Waals surface area contributed by atoms with Gasteiger partial charge in [0.15, 0.2) is 0 Å². The quantitative estimate of drug-likeness (QED) is 0.518. The zero-order valence-corrected chi connectivity index (χ0v) is 16.7. The number of hydrogen-bond donors (Lipinski definition) is 0. The lowest BCUT2D eigenvalue weighted by Gasteiger charge is -2.11. The Kier molecular flexibility index (Phi) is 4.44. The lowest BCUT2D eigenvalue weighted by Crippen LogP contribution is -2.24. The van der Waals surface area contributed by atoms with Gasteiger partial charge in [-0.1, -0.05) is 42.4 Å². The van der Waals surface area contributed by atoms with Gasteiger partial charge in [0.05, 0.1) is 17.9 Å². The van der Waals surface area contributed by atoms with Gasteiger partial charge in [0.1, 0.15) is 10.6 Å². The molecule has 0 fully saturated rings. The van der Waals surface area contributed by atoms with Crippen LogP contribution in [0.25, 0.3) is 21.5 Å². The highest BCUT2D eigenvalue weighted by molar-refractivity contribution is 7.18. The van der Waals surface area contributed by atoms with Crippen LogP contribution in [0.2, 0.25) is 0 Å². The summed E-state index contributed by atoms with van der Waals surface area (Å²) in [6, 6.07) is 9.93. The molecular formula is C21H21N3O2S. The first kappa shape index (κ1) is 17.7. The SMILES string of the molecule is CCc1c(C)sc2c1c(-c1ccccc1)nc(=O)n2Cc1c(C)noc1C. The lowest BCUT2D eigenvalue weighted by atomic mass is 10.0. The van der Waals surface area contributed by atoms with E-state index in [9.17, 15) is 4.79 Å². The minimum atomic E-state index is -0.245. The fraction of sp³-hybridized carbons (Fsp3) is 0.286. The summed E-state index contributed by atoms with van der Waals surface area (Å²) in [6.45, 7) is 8.45. The Morgan fingerprint density at radius 1 is 1.11 bits per heavy atom. The molecule has 4 aromatic rings. The van der Waals surface area contributed by atoms with Gasteiger partial charge in [-0.3, -0.25) is 4.57 Å². The Balaban J connectivity index is 2.03. The fourth-order valence-electron chi connectivity index (χ4n) is 3.55. The zero-order valence-electron chi connectivity index (χ0n) is 15.9. The van der Waals surface area contributed by atoms with Crippen LogP contribution in [0.1, 0.15) is 34.4 Å². The molecule has 0 spiro atoms. The van der Waals surface area contributed by atoms with E-state index in [1.165, 1.54) is 10.4 Å². The molecule has 3 aromatic heterocycles. The van der Waals surface area contributed by atoms with Crippen LogP contribution in [0, 0.1) is 20.8 Å². The van der Waals surface area contributed by atoms with Crippen molar-refractivity contribution in [3.8, 4) is 11.3 Å². The standard InChI is InChI=1S/C21H21N3O2S/c1-5-16-14(4)27-20-18(16)19(15-9-7-6-8-10-15)22-21(25)24(20)11-17-12(2)23-26-13(17)3/h6-10H,5,11H2,1-4H3. The van der Waals surface area contributed by atoms with E-state index in [2.05, 4.69) is 24.0 Å². The Morgan fingerprint density at radius 2 is 1.85 bits per heavy atom. The second-order valence-electron chi connectivity index (χ2n) is 6.67. The summed E-state index contributed by atoms with van der Waals surface area (Å²) in [7, 11) is 0. The van der Waals surface area contributed by atoms with E-state index in [1.54, 1.807) is 15.9 Å². The average molecular weight is 379 g/mol. The van der Waals surface area contributed by atoms with Gasteiger partial charge in [0.2, 0.25) is 0 Å². The zero-order chi connectivity index (χ0) is 19.1. The van der Waals surface area contributed by atoms with E-state index in [0.717, 1.165) is 44.9 Å². The molecule has 138 valence electrons. The highest BCUT2D eigenvalue weighted by Gasteiger charge is 2.21. The Morgan fingerprint density at radius 3 is 2.48 bits per heavy atom. The number of fused-ring (bicyclic) bond motifs is 1. The predicted molar refractivity (Wildman–Crippen MR) is 109 cm³/mol. The van der Waals surface area contributed by atoms with Gasteiger partial charge in [0.25, 0.3) is 0 Å². The molecule has 0 atom stereocenters. The maximum atomic E-state index is 13.0. The average Bonchev–Trinajstić information content (AvgIpc) is 3.17. The molecule has 27 heavy (non-hydrogen) atoms. The minimum absolute atomic E-state index is 0.245. The number of benzene rings is 1. The van der Waals surface area contributed by atoms with Gasteiger partial charge in [-0.2, -0.15) is 4.98 Å². The van der Waals surface area contributed by atoms with Crippen LogP contribution in [0.3, 0.4) is 0 Å². The van der Waals surface area contributed by atoms with Gasteiger partial charge >= 0.3 is 5.69 Å². The first-order chi connectivity index (χ1) is 13.0. The van der Waals surface area contributed by atoms with Crippen molar-refractivity contribution in [2.24, 2.45) is 0 Å². The van der Waals surface area contributed by atoms with Crippen LogP contribution in [-0.4, -0.2) is 14.7 Å². The number of rotatable bonds is 4. The first-order valence-electron chi connectivity index (χ1n) is 9.01. The second kappa shape index (κ2) is 6.78. The van der Waals surface area contributed by atoms with Crippen LogP contribution in [0.15, 0.2) is 39.6 Å². The Bertz CT molecular complexity index is 1170. The number of hydrogen-bond acceptors (Lipinski definition) is 5. The van der Waals surface area contributed by atoms with E-state index in [1.807, 2.05) is 44.2 Å². The van der Waals surface area contributed by atoms with Crippen LogP contribution >= 0.6 is 11.3 Å². The molecule has 1 aromatic carbocycles. The number of nitrogens with zero attached hydrogens (tertiary/aromatic N) is 3. The Labute approximate surface area is 161 Å². The summed E-state index contributed by atoms with van der Waals surface area (Å²) < 4.78 is 7.04. The third-order valence-corrected chi connectivity index (χ3v) is 6.18. The van der Waals surface area contributed by atoms with Gasteiger partial charge in [-0.05, 0) is 32.8 Å². The maximum Gasteiger partial charge on any atom is 0.349 e. The molecule has 0 N–H and O–H groups in total. The summed E-state index contributed by atoms with van der Waals surface area (Å²) in [5.74, 6) is 0.740. The van der Waals surface area contributed by atoms with Gasteiger partial charge in [-0.25, -0.2) is 4.79 Å². The molecule has 6 heteroatoms. The van der Waals surface area contributed by atoms with Gasteiger partial charge in [0, 0.05) is 21.4 Å². The van der Waals surface area contributed by atoms with Crippen molar-refractivity contribution in [3.63, 3.8) is 0 Å². The normalized spacial score (nSPS) is 11.4. The summed E-state index contributed by atoms with van der Waals surface area (Å²) in [4.78, 5) is 19.7. The molecule has 0 saturated heterocycles. The third kappa shape index (κ3) is 2.90. The van der Waals surface area contributed by atoms with Crippen molar-refractivity contribution in [2.75, 3.05) is 0 Å². The van der Waals surface area contributed by atoms with Crippen molar-refractivity contribution >= 4 is 21.6 Å². The van der Waals surface area contributed by atoms with E-state index in [4.69, 9.17) is 4.52 Å². The topological polar surface area (TPSA) is 60.9 Å². The molecule has 0 aliphatic heterocycles. The predicted octanol–water partition coefficient (Wildman–Crippen LogP) is 4.65. The number of thiophene rings is 1. The van der Waals surface area contributed by atoms with Crippen LogP contribution in [-0.2, 0) is 13.0 Å². The molecule has 0 radical (unpaired) electrons. The first-order valence-corrected chi connectivity index (χ1v) is 9.82. The largest absolute Gasteiger partial charge is 0.361 e. The van der Waals surface area contributed by atoms with Crippen LogP contribution < -0.4 is 5.69 Å². The summed E-state index contributed by atoms with van der Waals surface area (Å²) >= 11 is 1.66. The van der Waals surface area contributed by atoms with Crippen LogP contribution in [0.4, 0.5) is 0 Å².